The van der Waals surface area contributed by atoms with Gasteiger partial charge in [0.15, 0.2) is 0 Å². The number of esters is 1. The van der Waals surface area contributed by atoms with Crippen molar-refractivity contribution in [1.82, 2.24) is 0 Å². The third-order valence-corrected chi connectivity index (χ3v) is 4.14. The van der Waals surface area contributed by atoms with Crippen molar-refractivity contribution in [3.05, 3.63) is 29.3 Å². The molecule has 1 aliphatic carbocycles. The van der Waals surface area contributed by atoms with E-state index in [9.17, 15) is 4.79 Å². The number of hydrogen-bond donors (Lipinski definition) is 0. The van der Waals surface area contributed by atoms with Crippen molar-refractivity contribution < 1.29 is 9.53 Å². The quantitative estimate of drug-likeness (QED) is 0.542. The second-order valence-electron chi connectivity index (χ2n) is 5.27. The summed E-state index contributed by atoms with van der Waals surface area (Å²) in [5.74, 6) is 1.26. The standard InChI is InChI=1S/C15H18O2/c1-10-13-8-7-12(9-14(13)17-15(10)16)11-5-3-2-4-6-11/h7-11H,2-6H2,1H3. The van der Waals surface area contributed by atoms with Crippen molar-refractivity contribution in [1.29, 1.82) is 0 Å². The molecule has 1 aromatic rings. The Labute approximate surface area is 102 Å². The van der Waals surface area contributed by atoms with Gasteiger partial charge in [-0.15, -0.1) is 0 Å². The van der Waals surface area contributed by atoms with Gasteiger partial charge in [0.25, 0.3) is 0 Å². The molecule has 0 radical (unpaired) electrons. The van der Waals surface area contributed by atoms with E-state index in [1.54, 1.807) is 0 Å². The number of hydrogen-bond acceptors (Lipinski definition) is 2. The van der Waals surface area contributed by atoms with Crippen molar-refractivity contribution in [2.75, 3.05) is 0 Å². The topological polar surface area (TPSA) is 26.3 Å². The lowest BCUT2D eigenvalue weighted by Gasteiger charge is -2.22. The van der Waals surface area contributed by atoms with E-state index in [2.05, 4.69) is 18.2 Å². The van der Waals surface area contributed by atoms with E-state index >= 15 is 0 Å². The minimum Gasteiger partial charge on any atom is -0.426 e. The number of carbonyl (C=O) groups is 1. The first-order valence-electron chi connectivity index (χ1n) is 6.61. The molecule has 1 atom stereocenters. The van der Waals surface area contributed by atoms with E-state index < -0.39 is 0 Å². The smallest absolute Gasteiger partial charge is 0.318 e. The summed E-state index contributed by atoms with van der Waals surface area (Å²) in [6, 6.07) is 6.36. The van der Waals surface area contributed by atoms with Gasteiger partial charge in [0.1, 0.15) is 5.75 Å². The van der Waals surface area contributed by atoms with Gasteiger partial charge in [-0.3, -0.25) is 4.79 Å². The summed E-state index contributed by atoms with van der Waals surface area (Å²) in [7, 11) is 0. The van der Waals surface area contributed by atoms with E-state index in [0.717, 1.165) is 11.3 Å². The number of benzene rings is 1. The van der Waals surface area contributed by atoms with Crippen LogP contribution in [0.1, 0.15) is 62.0 Å². The summed E-state index contributed by atoms with van der Waals surface area (Å²) in [5, 5.41) is 0. The fourth-order valence-electron chi connectivity index (χ4n) is 3.01. The molecule has 0 aromatic heterocycles. The highest BCUT2D eigenvalue weighted by Crippen LogP contribution is 2.39. The Balaban J connectivity index is 1.89. The fraction of sp³-hybridized carbons (Fsp3) is 0.533. The monoisotopic (exact) mass is 230 g/mol. The zero-order chi connectivity index (χ0) is 11.8. The van der Waals surface area contributed by atoms with Crippen LogP contribution < -0.4 is 4.74 Å². The number of rotatable bonds is 1. The lowest BCUT2D eigenvalue weighted by Crippen LogP contribution is -2.05. The molecule has 3 rings (SSSR count). The number of carbonyl (C=O) groups excluding carboxylic acids is 1. The van der Waals surface area contributed by atoms with Crippen LogP contribution in [-0.2, 0) is 4.79 Å². The van der Waals surface area contributed by atoms with E-state index in [-0.39, 0.29) is 11.9 Å². The highest BCUT2D eigenvalue weighted by molar-refractivity contribution is 5.85. The first-order valence-corrected chi connectivity index (χ1v) is 6.61. The first-order chi connectivity index (χ1) is 8.25. The van der Waals surface area contributed by atoms with Gasteiger partial charge in [0.2, 0.25) is 0 Å². The summed E-state index contributed by atoms with van der Waals surface area (Å²) in [4.78, 5) is 11.5. The molecule has 0 spiro atoms. The van der Waals surface area contributed by atoms with E-state index in [1.165, 1.54) is 37.7 Å². The Bertz CT molecular complexity index is 444. The molecule has 1 aliphatic heterocycles. The van der Waals surface area contributed by atoms with Gasteiger partial charge < -0.3 is 4.74 Å². The normalized spacial score (nSPS) is 24.5. The van der Waals surface area contributed by atoms with Crippen LogP contribution in [-0.4, -0.2) is 5.97 Å². The van der Waals surface area contributed by atoms with Crippen molar-refractivity contribution in [3.8, 4) is 5.75 Å². The predicted molar refractivity (Wildman–Crippen MR) is 66.3 cm³/mol. The molecule has 1 unspecified atom stereocenters. The third kappa shape index (κ3) is 1.86. The minimum absolute atomic E-state index is 0.0922. The second kappa shape index (κ2) is 4.17. The maximum Gasteiger partial charge on any atom is 0.318 e. The molecule has 2 heteroatoms. The fourth-order valence-corrected chi connectivity index (χ4v) is 3.01. The van der Waals surface area contributed by atoms with Crippen LogP contribution in [0.3, 0.4) is 0 Å². The Hall–Kier alpha value is -1.31. The molecule has 17 heavy (non-hydrogen) atoms. The SMILES string of the molecule is CC1C(=O)Oc2cc(C3CCCCC3)ccc21. The highest BCUT2D eigenvalue weighted by Gasteiger charge is 2.30. The first kappa shape index (κ1) is 10.8. The predicted octanol–water partition coefficient (Wildman–Crippen LogP) is 3.76. The van der Waals surface area contributed by atoms with Crippen molar-refractivity contribution >= 4 is 5.97 Å². The highest BCUT2D eigenvalue weighted by atomic mass is 16.5. The van der Waals surface area contributed by atoms with Gasteiger partial charge in [0.05, 0.1) is 5.92 Å². The van der Waals surface area contributed by atoms with Crippen molar-refractivity contribution in [2.45, 2.75) is 50.9 Å². The van der Waals surface area contributed by atoms with Crippen LogP contribution in [0.2, 0.25) is 0 Å². The summed E-state index contributed by atoms with van der Waals surface area (Å²) in [6.45, 7) is 1.91. The molecule has 0 bridgehead atoms. The molecule has 1 saturated carbocycles. The van der Waals surface area contributed by atoms with Gasteiger partial charge in [-0.25, -0.2) is 0 Å². The zero-order valence-corrected chi connectivity index (χ0v) is 10.2. The van der Waals surface area contributed by atoms with Crippen LogP contribution in [0.25, 0.3) is 0 Å². The Morgan fingerprint density at radius 1 is 1.18 bits per heavy atom. The molecule has 90 valence electrons. The van der Waals surface area contributed by atoms with Crippen LogP contribution in [0.5, 0.6) is 5.75 Å². The second-order valence-corrected chi connectivity index (χ2v) is 5.27. The summed E-state index contributed by atoms with van der Waals surface area (Å²) < 4.78 is 5.31. The summed E-state index contributed by atoms with van der Waals surface area (Å²) >= 11 is 0. The van der Waals surface area contributed by atoms with Gasteiger partial charge in [-0.2, -0.15) is 0 Å². The molecule has 0 amide bonds. The largest absolute Gasteiger partial charge is 0.426 e. The molecule has 0 saturated heterocycles. The molecular formula is C15H18O2. The van der Waals surface area contributed by atoms with Gasteiger partial charge in [-0.05, 0) is 37.3 Å². The van der Waals surface area contributed by atoms with E-state index in [0.29, 0.717) is 5.92 Å². The average Bonchev–Trinajstić information content (AvgIpc) is 2.66. The minimum atomic E-state index is -0.110. The molecule has 1 fully saturated rings. The molecule has 1 aromatic carbocycles. The van der Waals surface area contributed by atoms with Crippen LogP contribution in [0.4, 0.5) is 0 Å². The van der Waals surface area contributed by atoms with Crippen LogP contribution in [0.15, 0.2) is 18.2 Å². The van der Waals surface area contributed by atoms with E-state index in [1.807, 2.05) is 6.92 Å². The van der Waals surface area contributed by atoms with E-state index in [4.69, 9.17) is 4.74 Å². The third-order valence-electron chi connectivity index (χ3n) is 4.14. The summed E-state index contributed by atoms with van der Waals surface area (Å²) in [5.41, 5.74) is 2.40. The molecule has 2 aliphatic rings. The molecule has 1 heterocycles. The zero-order valence-electron chi connectivity index (χ0n) is 10.2. The van der Waals surface area contributed by atoms with Crippen LogP contribution in [0, 0.1) is 0 Å². The lowest BCUT2D eigenvalue weighted by molar-refractivity contribution is -0.133. The van der Waals surface area contributed by atoms with Crippen molar-refractivity contribution in [3.63, 3.8) is 0 Å². The lowest BCUT2D eigenvalue weighted by atomic mass is 9.83. The Morgan fingerprint density at radius 2 is 1.94 bits per heavy atom. The van der Waals surface area contributed by atoms with Gasteiger partial charge in [0, 0.05) is 5.56 Å². The van der Waals surface area contributed by atoms with Crippen molar-refractivity contribution in [2.24, 2.45) is 0 Å². The molecule has 0 N–H and O–H groups in total. The number of fused-ring (bicyclic) bond motifs is 1. The maximum atomic E-state index is 11.5. The number of ether oxygens (including phenoxy) is 1. The van der Waals surface area contributed by atoms with Gasteiger partial charge >= 0.3 is 5.97 Å². The van der Waals surface area contributed by atoms with Gasteiger partial charge in [-0.1, -0.05) is 31.4 Å². The summed E-state index contributed by atoms with van der Waals surface area (Å²) in [6.07, 6.45) is 6.59. The van der Waals surface area contributed by atoms with Crippen LogP contribution >= 0.6 is 0 Å². The Kier molecular flexibility index (Phi) is 2.65. The Morgan fingerprint density at radius 3 is 2.71 bits per heavy atom. The molecule has 2 nitrogen and oxygen atoms in total. The maximum absolute atomic E-state index is 11.5. The molecular weight excluding hydrogens is 212 g/mol. The average molecular weight is 230 g/mol.